The summed E-state index contributed by atoms with van der Waals surface area (Å²) in [5, 5.41) is 11.0. The Balaban J connectivity index is 1.25. The number of piperidine rings is 1. The standard InChI is InChI=1S/C26H25NO3/c28-25(27-16-14-26(29,15-17-27)19-8-2-1-3-9-19)30-18-24-22-12-6-4-10-20(22)21-11-5-7-13-23(21)24/h1-13,24,29H,14-18H2. The Morgan fingerprint density at radius 1 is 0.867 bits per heavy atom. The summed E-state index contributed by atoms with van der Waals surface area (Å²) < 4.78 is 5.76. The molecular formula is C26H25NO3. The van der Waals surface area contributed by atoms with Gasteiger partial charge in [0, 0.05) is 19.0 Å². The second-order valence-electron chi connectivity index (χ2n) is 8.19. The Hall–Kier alpha value is -3.11. The van der Waals surface area contributed by atoms with Gasteiger partial charge in [-0.3, -0.25) is 0 Å². The molecule has 0 saturated carbocycles. The van der Waals surface area contributed by atoms with Crippen molar-refractivity contribution in [2.75, 3.05) is 19.7 Å². The van der Waals surface area contributed by atoms with E-state index >= 15 is 0 Å². The van der Waals surface area contributed by atoms with Crippen LogP contribution in [0.15, 0.2) is 78.9 Å². The Morgan fingerprint density at radius 2 is 1.40 bits per heavy atom. The number of likely N-dealkylation sites (tertiary alicyclic amines) is 1. The zero-order valence-corrected chi connectivity index (χ0v) is 16.8. The van der Waals surface area contributed by atoms with Gasteiger partial charge in [0.1, 0.15) is 6.61 Å². The minimum atomic E-state index is -0.874. The second kappa shape index (κ2) is 7.62. The molecule has 1 N–H and O–H groups in total. The van der Waals surface area contributed by atoms with E-state index in [1.165, 1.54) is 22.3 Å². The van der Waals surface area contributed by atoms with Crippen LogP contribution in [0, 0.1) is 0 Å². The Kier molecular flexibility index (Phi) is 4.80. The fourth-order valence-corrected chi connectivity index (χ4v) is 4.78. The van der Waals surface area contributed by atoms with Gasteiger partial charge < -0.3 is 14.7 Å². The van der Waals surface area contributed by atoms with Crippen molar-refractivity contribution in [3.8, 4) is 11.1 Å². The third-order valence-electron chi connectivity index (χ3n) is 6.50. The summed E-state index contributed by atoms with van der Waals surface area (Å²) in [7, 11) is 0. The molecule has 0 spiro atoms. The molecule has 0 unspecified atom stereocenters. The molecule has 3 aromatic carbocycles. The van der Waals surface area contributed by atoms with Crippen molar-refractivity contribution < 1.29 is 14.6 Å². The smallest absolute Gasteiger partial charge is 0.409 e. The second-order valence-corrected chi connectivity index (χ2v) is 8.19. The van der Waals surface area contributed by atoms with Crippen LogP contribution in [0.1, 0.15) is 35.4 Å². The van der Waals surface area contributed by atoms with Crippen LogP contribution in [-0.4, -0.2) is 35.8 Å². The van der Waals surface area contributed by atoms with Gasteiger partial charge in [0.25, 0.3) is 0 Å². The zero-order chi connectivity index (χ0) is 20.6. The third kappa shape index (κ3) is 3.27. The summed E-state index contributed by atoms with van der Waals surface area (Å²) in [6.45, 7) is 1.30. The Morgan fingerprint density at radius 3 is 2.00 bits per heavy atom. The van der Waals surface area contributed by atoms with Gasteiger partial charge in [0.15, 0.2) is 0 Å². The largest absolute Gasteiger partial charge is 0.448 e. The summed E-state index contributed by atoms with van der Waals surface area (Å²) in [6, 6.07) is 26.4. The molecule has 1 saturated heterocycles. The highest BCUT2D eigenvalue weighted by atomic mass is 16.6. The molecule has 152 valence electrons. The average molecular weight is 399 g/mol. The maximum absolute atomic E-state index is 12.7. The number of carbonyl (C=O) groups excluding carboxylic acids is 1. The highest BCUT2D eigenvalue weighted by Gasteiger charge is 2.36. The van der Waals surface area contributed by atoms with E-state index in [9.17, 15) is 9.90 Å². The summed E-state index contributed by atoms with van der Waals surface area (Å²) in [5.41, 5.74) is 4.91. The number of hydrogen-bond donors (Lipinski definition) is 1. The molecule has 0 bridgehead atoms. The van der Waals surface area contributed by atoms with Crippen LogP contribution in [0.25, 0.3) is 11.1 Å². The van der Waals surface area contributed by atoms with Crippen LogP contribution in [-0.2, 0) is 10.3 Å². The molecule has 0 aromatic heterocycles. The molecule has 3 aromatic rings. The Bertz CT molecular complexity index is 1010. The molecule has 1 amide bonds. The molecule has 1 heterocycles. The Labute approximate surface area is 176 Å². The van der Waals surface area contributed by atoms with Crippen LogP contribution in [0.5, 0.6) is 0 Å². The van der Waals surface area contributed by atoms with Crippen molar-refractivity contribution in [3.05, 3.63) is 95.6 Å². The first-order chi connectivity index (χ1) is 14.7. The van der Waals surface area contributed by atoms with Gasteiger partial charge in [-0.15, -0.1) is 0 Å². The highest BCUT2D eigenvalue weighted by molar-refractivity contribution is 5.79. The zero-order valence-electron chi connectivity index (χ0n) is 16.8. The van der Waals surface area contributed by atoms with Crippen molar-refractivity contribution in [2.24, 2.45) is 0 Å². The molecular weight excluding hydrogens is 374 g/mol. The first-order valence-corrected chi connectivity index (χ1v) is 10.5. The van der Waals surface area contributed by atoms with E-state index in [1.807, 2.05) is 54.6 Å². The molecule has 5 rings (SSSR count). The van der Waals surface area contributed by atoms with Gasteiger partial charge in [0.2, 0.25) is 0 Å². The molecule has 2 aliphatic rings. The van der Waals surface area contributed by atoms with E-state index in [4.69, 9.17) is 4.74 Å². The van der Waals surface area contributed by atoms with Crippen molar-refractivity contribution in [3.63, 3.8) is 0 Å². The van der Waals surface area contributed by atoms with Gasteiger partial charge >= 0.3 is 6.09 Å². The molecule has 4 nitrogen and oxygen atoms in total. The topological polar surface area (TPSA) is 49.8 Å². The molecule has 0 atom stereocenters. The first-order valence-electron chi connectivity index (χ1n) is 10.5. The average Bonchev–Trinajstić information content (AvgIpc) is 3.12. The molecule has 1 aliphatic heterocycles. The molecule has 0 radical (unpaired) electrons. The molecule has 1 fully saturated rings. The number of rotatable bonds is 3. The van der Waals surface area contributed by atoms with E-state index in [0.717, 1.165) is 5.56 Å². The number of amides is 1. The molecule has 30 heavy (non-hydrogen) atoms. The van der Waals surface area contributed by atoms with Gasteiger partial charge in [-0.2, -0.15) is 0 Å². The number of carbonyl (C=O) groups is 1. The monoisotopic (exact) mass is 399 g/mol. The highest BCUT2D eigenvalue weighted by Crippen LogP contribution is 2.44. The van der Waals surface area contributed by atoms with Crippen LogP contribution < -0.4 is 0 Å². The minimum absolute atomic E-state index is 0.0624. The van der Waals surface area contributed by atoms with Crippen molar-refractivity contribution in [1.82, 2.24) is 4.90 Å². The predicted molar refractivity (Wildman–Crippen MR) is 116 cm³/mol. The van der Waals surface area contributed by atoms with Crippen LogP contribution in [0.2, 0.25) is 0 Å². The van der Waals surface area contributed by atoms with Crippen LogP contribution >= 0.6 is 0 Å². The SMILES string of the molecule is O=C(OCC1c2ccccc2-c2ccccc21)N1CCC(O)(c2ccccc2)CC1. The summed E-state index contributed by atoms with van der Waals surface area (Å²) >= 11 is 0. The maximum Gasteiger partial charge on any atom is 0.409 e. The molecule has 4 heteroatoms. The summed E-state index contributed by atoms with van der Waals surface area (Å²) in [4.78, 5) is 14.5. The summed E-state index contributed by atoms with van der Waals surface area (Å²) in [6.07, 6.45) is 0.731. The van der Waals surface area contributed by atoms with E-state index < -0.39 is 5.60 Å². The number of ether oxygens (including phenoxy) is 1. The third-order valence-corrected chi connectivity index (χ3v) is 6.50. The first kappa shape index (κ1) is 18.9. The number of hydrogen-bond acceptors (Lipinski definition) is 3. The lowest BCUT2D eigenvalue weighted by Crippen LogP contribution is -2.45. The van der Waals surface area contributed by atoms with Gasteiger partial charge in [-0.25, -0.2) is 4.79 Å². The quantitative estimate of drug-likeness (QED) is 0.680. The van der Waals surface area contributed by atoms with Crippen molar-refractivity contribution in [1.29, 1.82) is 0 Å². The predicted octanol–water partition coefficient (Wildman–Crippen LogP) is 4.92. The normalized spacial score (nSPS) is 17.3. The number of benzene rings is 3. The maximum atomic E-state index is 12.7. The lowest BCUT2D eigenvalue weighted by Gasteiger charge is -2.38. The minimum Gasteiger partial charge on any atom is -0.448 e. The molecule has 1 aliphatic carbocycles. The van der Waals surface area contributed by atoms with Crippen molar-refractivity contribution in [2.45, 2.75) is 24.4 Å². The lowest BCUT2D eigenvalue weighted by molar-refractivity contribution is -0.0250. The van der Waals surface area contributed by atoms with E-state index in [1.54, 1.807) is 4.90 Å². The van der Waals surface area contributed by atoms with Gasteiger partial charge in [0.05, 0.1) is 5.60 Å². The fraction of sp³-hybridized carbons (Fsp3) is 0.269. The van der Waals surface area contributed by atoms with Gasteiger partial charge in [-0.05, 0) is 40.7 Å². The van der Waals surface area contributed by atoms with E-state index in [0.29, 0.717) is 32.5 Å². The fourth-order valence-electron chi connectivity index (χ4n) is 4.78. The van der Waals surface area contributed by atoms with Crippen molar-refractivity contribution >= 4 is 6.09 Å². The number of nitrogens with zero attached hydrogens (tertiary/aromatic N) is 1. The number of fused-ring (bicyclic) bond motifs is 3. The summed E-state index contributed by atoms with van der Waals surface area (Å²) in [5.74, 6) is 0.0624. The lowest BCUT2D eigenvalue weighted by atomic mass is 9.84. The van der Waals surface area contributed by atoms with Crippen LogP contribution in [0.4, 0.5) is 4.79 Å². The van der Waals surface area contributed by atoms with Crippen LogP contribution in [0.3, 0.4) is 0 Å². The van der Waals surface area contributed by atoms with E-state index in [2.05, 4.69) is 24.3 Å². The van der Waals surface area contributed by atoms with E-state index in [-0.39, 0.29) is 12.0 Å². The van der Waals surface area contributed by atoms with Gasteiger partial charge in [-0.1, -0.05) is 78.9 Å². The number of aliphatic hydroxyl groups is 1.